The Balaban J connectivity index is 1.57. The molecule has 1 aliphatic rings. The highest BCUT2D eigenvalue weighted by Crippen LogP contribution is 2.18. The number of alkyl halides is 3. The molecule has 0 bridgehead atoms. The fourth-order valence-electron chi connectivity index (χ4n) is 3.32. The van der Waals surface area contributed by atoms with E-state index in [2.05, 4.69) is 4.98 Å². The fourth-order valence-corrected chi connectivity index (χ4v) is 3.32. The minimum atomic E-state index is -4.21. The first-order valence-electron chi connectivity index (χ1n) is 9.00. The monoisotopic (exact) mass is 380 g/mol. The standard InChI is InChI=1S/C19H23F3N4O/c20-19(21,22)14-24-7-4-8-25(10-9-24)18(27)11-17-12-23-15-26(17)13-16-5-2-1-3-6-16/h1-3,5-6,12,15H,4,7-11,13-14H2. The van der Waals surface area contributed by atoms with E-state index in [0.717, 1.165) is 11.3 Å². The van der Waals surface area contributed by atoms with E-state index in [0.29, 0.717) is 32.6 Å². The maximum atomic E-state index is 12.7. The zero-order valence-corrected chi connectivity index (χ0v) is 15.0. The fraction of sp³-hybridized carbons (Fsp3) is 0.474. The van der Waals surface area contributed by atoms with Gasteiger partial charge in [0.2, 0.25) is 5.91 Å². The van der Waals surface area contributed by atoms with Crippen molar-refractivity contribution in [1.82, 2.24) is 19.4 Å². The summed E-state index contributed by atoms with van der Waals surface area (Å²) >= 11 is 0. The average molecular weight is 380 g/mol. The number of halogens is 3. The highest BCUT2D eigenvalue weighted by Gasteiger charge is 2.31. The molecule has 146 valence electrons. The third kappa shape index (κ3) is 5.82. The second-order valence-corrected chi connectivity index (χ2v) is 6.80. The van der Waals surface area contributed by atoms with Crippen molar-refractivity contribution in [3.05, 3.63) is 54.1 Å². The molecule has 1 fully saturated rings. The second kappa shape index (κ2) is 8.56. The number of carbonyl (C=O) groups excluding carboxylic acids is 1. The van der Waals surface area contributed by atoms with Crippen LogP contribution in [0, 0.1) is 0 Å². The van der Waals surface area contributed by atoms with Crippen molar-refractivity contribution in [3.63, 3.8) is 0 Å². The van der Waals surface area contributed by atoms with E-state index in [1.807, 2.05) is 34.9 Å². The lowest BCUT2D eigenvalue weighted by Gasteiger charge is -2.23. The molecule has 27 heavy (non-hydrogen) atoms. The molecule has 1 aliphatic heterocycles. The highest BCUT2D eigenvalue weighted by atomic mass is 19.4. The molecule has 2 aromatic rings. The lowest BCUT2D eigenvalue weighted by molar-refractivity contribution is -0.145. The maximum absolute atomic E-state index is 12.7. The second-order valence-electron chi connectivity index (χ2n) is 6.80. The third-order valence-electron chi connectivity index (χ3n) is 4.67. The van der Waals surface area contributed by atoms with Crippen molar-refractivity contribution in [2.75, 3.05) is 32.7 Å². The Kier molecular flexibility index (Phi) is 6.15. The number of hydrogen-bond acceptors (Lipinski definition) is 3. The third-order valence-corrected chi connectivity index (χ3v) is 4.67. The summed E-state index contributed by atoms with van der Waals surface area (Å²) in [6, 6.07) is 9.89. The average Bonchev–Trinajstić information content (AvgIpc) is 2.90. The number of imidazole rings is 1. The van der Waals surface area contributed by atoms with Crippen molar-refractivity contribution >= 4 is 5.91 Å². The largest absolute Gasteiger partial charge is 0.401 e. The first-order valence-corrected chi connectivity index (χ1v) is 9.00. The highest BCUT2D eigenvalue weighted by molar-refractivity contribution is 5.78. The van der Waals surface area contributed by atoms with Crippen molar-refractivity contribution < 1.29 is 18.0 Å². The lowest BCUT2D eigenvalue weighted by atomic mass is 10.2. The Bertz CT molecular complexity index is 745. The predicted molar refractivity (Wildman–Crippen MR) is 95.2 cm³/mol. The number of hydrogen-bond donors (Lipinski definition) is 0. The molecule has 1 aromatic heterocycles. The molecule has 0 aliphatic carbocycles. The predicted octanol–water partition coefficient (Wildman–Crippen LogP) is 2.57. The molecule has 0 spiro atoms. The zero-order valence-electron chi connectivity index (χ0n) is 15.0. The first kappa shape index (κ1) is 19.4. The van der Waals surface area contributed by atoms with E-state index in [9.17, 15) is 18.0 Å². The van der Waals surface area contributed by atoms with Crippen LogP contribution in [0.25, 0.3) is 0 Å². The van der Waals surface area contributed by atoms with Gasteiger partial charge in [0, 0.05) is 44.6 Å². The molecular weight excluding hydrogens is 357 g/mol. The normalized spacial score (nSPS) is 16.3. The van der Waals surface area contributed by atoms with Gasteiger partial charge in [-0.15, -0.1) is 0 Å². The Morgan fingerprint density at radius 3 is 2.59 bits per heavy atom. The van der Waals surface area contributed by atoms with E-state index in [1.54, 1.807) is 17.4 Å². The molecule has 3 rings (SSSR count). The van der Waals surface area contributed by atoms with Crippen LogP contribution in [0.5, 0.6) is 0 Å². The number of benzene rings is 1. The summed E-state index contributed by atoms with van der Waals surface area (Å²) < 4.78 is 39.6. The number of amides is 1. The summed E-state index contributed by atoms with van der Waals surface area (Å²) in [6.45, 7) is 1.12. The molecule has 0 unspecified atom stereocenters. The van der Waals surface area contributed by atoms with E-state index in [-0.39, 0.29) is 18.9 Å². The Hall–Kier alpha value is -2.35. The molecule has 1 saturated heterocycles. The van der Waals surface area contributed by atoms with Gasteiger partial charge in [-0.05, 0) is 12.0 Å². The molecule has 0 atom stereocenters. The van der Waals surface area contributed by atoms with Gasteiger partial charge < -0.3 is 9.47 Å². The van der Waals surface area contributed by atoms with Gasteiger partial charge in [-0.25, -0.2) is 4.98 Å². The van der Waals surface area contributed by atoms with Gasteiger partial charge in [0.05, 0.1) is 19.3 Å². The first-order chi connectivity index (χ1) is 12.9. The molecule has 2 heterocycles. The number of aromatic nitrogens is 2. The van der Waals surface area contributed by atoms with Gasteiger partial charge in [0.15, 0.2) is 0 Å². The molecule has 0 N–H and O–H groups in total. The summed E-state index contributed by atoms with van der Waals surface area (Å²) in [7, 11) is 0. The summed E-state index contributed by atoms with van der Waals surface area (Å²) in [5, 5.41) is 0. The van der Waals surface area contributed by atoms with Gasteiger partial charge in [0.1, 0.15) is 0 Å². The van der Waals surface area contributed by atoms with E-state index >= 15 is 0 Å². The SMILES string of the molecule is O=C(Cc1cncn1Cc1ccccc1)N1CCCN(CC(F)(F)F)CC1. The zero-order chi connectivity index (χ0) is 19.3. The van der Waals surface area contributed by atoms with Crippen LogP contribution in [-0.4, -0.2) is 64.2 Å². The van der Waals surface area contributed by atoms with Gasteiger partial charge >= 0.3 is 6.18 Å². The minimum Gasteiger partial charge on any atom is -0.341 e. The van der Waals surface area contributed by atoms with Crippen LogP contribution in [0.15, 0.2) is 42.9 Å². The Labute approximate surface area is 156 Å². The molecule has 0 saturated carbocycles. The van der Waals surface area contributed by atoms with Crippen LogP contribution in [0.4, 0.5) is 13.2 Å². The van der Waals surface area contributed by atoms with Gasteiger partial charge in [-0.1, -0.05) is 30.3 Å². The van der Waals surface area contributed by atoms with E-state index < -0.39 is 12.7 Å². The summed E-state index contributed by atoms with van der Waals surface area (Å²) in [5.74, 6) is -0.0707. The van der Waals surface area contributed by atoms with Gasteiger partial charge in [0.25, 0.3) is 0 Å². The van der Waals surface area contributed by atoms with Crippen molar-refractivity contribution in [2.45, 2.75) is 25.6 Å². The molecule has 1 amide bonds. The quantitative estimate of drug-likeness (QED) is 0.801. The van der Waals surface area contributed by atoms with E-state index in [1.165, 1.54) is 4.90 Å². The number of nitrogens with zero attached hydrogens (tertiary/aromatic N) is 4. The van der Waals surface area contributed by atoms with Crippen LogP contribution >= 0.6 is 0 Å². The summed E-state index contributed by atoms with van der Waals surface area (Å²) in [4.78, 5) is 19.8. The smallest absolute Gasteiger partial charge is 0.341 e. The molecule has 8 heteroatoms. The van der Waals surface area contributed by atoms with Crippen LogP contribution in [0.1, 0.15) is 17.7 Å². The van der Waals surface area contributed by atoms with Crippen LogP contribution in [-0.2, 0) is 17.8 Å². The minimum absolute atomic E-state index is 0.0707. The van der Waals surface area contributed by atoms with Crippen LogP contribution < -0.4 is 0 Å². The molecule has 1 aromatic carbocycles. The lowest BCUT2D eigenvalue weighted by Crippen LogP contribution is -2.39. The van der Waals surface area contributed by atoms with Crippen molar-refractivity contribution in [1.29, 1.82) is 0 Å². The van der Waals surface area contributed by atoms with Crippen molar-refractivity contribution in [3.8, 4) is 0 Å². The van der Waals surface area contributed by atoms with Gasteiger partial charge in [-0.3, -0.25) is 9.69 Å². The number of rotatable bonds is 5. The Morgan fingerprint density at radius 2 is 1.85 bits per heavy atom. The topological polar surface area (TPSA) is 41.4 Å². The molecular formula is C19H23F3N4O. The summed E-state index contributed by atoms with van der Waals surface area (Å²) in [6.07, 6.45) is -0.0853. The maximum Gasteiger partial charge on any atom is 0.401 e. The Morgan fingerprint density at radius 1 is 1.07 bits per heavy atom. The van der Waals surface area contributed by atoms with Crippen molar-refractivity contribution in [2.24, 2.45) is 0 Å². The van der Waals surface area contributed by atoms with Gasteiger partial charge in [-0.2, -0.15) is 13.2 Å². The summed E-state index contributed by atoms with van der Waals surface area (Å²) in [5.41, 5.74) is 1.92. The van der Waals surface area contributed by atoms with Crippen LogP contribution in [0.2, 0.25) is 0 Å². The van der Waals surface area contributed by atoms with Crippen LogP contribution in [0.3, 0.4) is 0 Å². The molecule has 5 nitrogen and oxygen atoms in total. The van der Waals surface area contributed by atoms with E-state index in [4.69, 9.17) is 0 Å². The molecule has 0 radical (unpaired) electrons. The number of carbonyl (C=O) groups is 1.